The van der Waals surface area contributed by atoms with Crippen molar-refractivity contribution in [1.82, 2.24) is 4.98 Å². The Labute approximate surface area is 189 Å². The molecule has 0 saturated carbocycles. The molecule has 0 aliphatic carbocycles. The van der Waals surface area contributed by atoms with Crippen molar-refractivity contribution in [3.63, 3.8) is 0 Å². The van der Waals surface area contributed by atoms with E-state index in [1.54, 1.807) is 43.3 Å². The van der Waals surface area contributed by atoms with E-state index in [9.17, 15) is 9.18 Å². The number of anilines is 2. The number of nitrogens with zero attached hydrogens (tertiary/aromatic N) is 3. The Balaban J connectivity index is 1.63. The largest absolute Gasteiger partial charge is 0.481 e. The number of thiazole rings is 1. The van der Waals surface area contributed by atoms with Crippen molar-refractivity contribution in [2.75, 3.05) is 4.90 Å². The van der Waals surface area contributed by atoms with Gasteiger partial charge in [-0.3, -0.25) is 9.69 Å². The second-order valence-corrected chi connectivity index (χ2v) is 7.76. The van der Waals surface area contributed by atoms with E-state index in [1.807, 2.05) is 35.7 Å². The van der Waals surface area contributed by atoms with Crippen LogP contribution in [0.25, 0.3) is 11.3 Å². The minimum atomic E-state index is -0.804. The number of halogens is 1. The molecule has 0 radical (unpaired) electrons. The van der Waals surface area contributed by atoms with Gasteiger partial charge < -0.3 is 4.74 Å². The summed E-state index contributed by atoms with van der Waals surface area (Å²) < 4.78 is 19.1. The Morgan fingerprint density at radius 2 is 1.75 bits per heavy atom. The fourth-order valence-electron chi connectivity index (χ4n) is 3.07. The number of nitriles is 1. The number of aromatic nitrogens is 1. The van der Waals surface area contributed by atoms with Crippen molar-refractivity contribution >= 4 is 28.1 Å². The molecule has 0 fully saturated rings. The molecule has 7 heteroatoms. The van der Waals surface area contributed by atoms with Crippen molar-refractivity contribution in [2.45, 2.75) is 13.0 Å². The highest BCUT2D eigenvalue weighted by Gasteiger charge is 2.27. The van der Waals surface area contributed by atoms with E-state index in [2.05, 4.69) is 11.1 Å². The van der Waals surface area contributed by atoms with Gasteiger partial charge in [-0.2, -0.15) is 5.26 Å². The first-order valence-electron chi connectivity index (χ1n) is 9.82. The fraction of sp³-hybridized carbons (Fsp3) is 0.0800. The normalized spacial score (nSPS) is 11.4. The number of hydrogen-bond acceptors (Lipinski definition) is 5. The molecule has 158 valence electrons. The second-order valence-electron chi connectivity index (χ2n) is 6.93. The third kappa shape index (κ3) is 4.66. The zero-order valence-corrected chi connectivity index (χ0v) is 17.9. The van der Waals surface area contributed by atoms with Gasteiger partial charge in [0.1, 0.15) is 11.6 Å². The van der Waals surface area contributed by atoms with Crippen LogP contribution in [0.1, 0.15) is 12.5 Å². The Bertz CT molecular complexity index is 1250. The molecule has 0 aliphatic rings. The maximum Gasteiger partial charge on any atom is 0.274 e. The van der Waals surface area contributed by atoms with Gasteiger partial charge in [0.2, 0.25) is 0 Å². The zero-order valence-electron chi connectivity index (χ0n) is 17.1. The number of carbonyl (C=O) groups is 1. The summed E-state index contributed by atoms with van der Waals surface area (Å²) in [7, 11) is 0. The number of benzene rings is 3. The average Bonchev–Trinajstić information content (AvgIpc) is 3.30. The predicted molar refractivity (Wildman–Crippen MR) is 122 cm³/mol. The van der Waals surface area contributed by atoms with Gasteiger partial charge in [0.25, 0.3) is 5.91 Å². The third-order valence-corrected chi connectivity index (χ3v) is 5.53. The first kappa shape index (κ1) is 21.2. The van der Waals surface area contributed by atoms with E-state index in [0.717, 1.165) is 5.56 Å². The van der Waals surface area contributed by atoms with Crippen molar-refractivity contribution < 1.29 is 13.9 Å². The molecule has 1 heterocycles. The molecular formula is C25H18FN3O2S. The number of hydrogen-bond donors (Lipinski definition) is 0. The standard InChI is InChI=1S/C25H18FN3O2S/c1-17(31-22-13-7-18(15-27)8-14-22)24(30)29(21-5-3-2-4-6-21)25-28-23(16-32-25)19-9-11-20(26)12-10-19/h2-14,16-17H,1H3/t17-/m0/s1. The van der Waals surface area contributed by atoms with Gasteiger partial charge >= 0.3 is 0 Å². The summed E-state index contributed by atoms with van der Waals surface area (Å²) in [4.78, 5) is 19.6. The summed E-state index contributed by atoms with van der Waals surface area (Å²) in [6, 6.07) is 23.9. The molecule has 1 atom stereocenters. The van der Waals surface area contributed by atoms with Crippen molar-refractivity contribution in [1.29, 1.82) is 5.26 Å². The molecule has 0 unspecified atom stereocenters. The number of rotatable bonds is 6. The Morgan fingerprint density at radius 1 is 1.06 bits per heavy atom. The van der Waals surface area contributed by atoms with Crippen LogP contribution < -0.4 is 9.64 Å². The molecule has 1 aromatic heterocycles. The molecular weight excluding hydrogens is 425 g/mol. The van der Waals surface area contributed by atoms with Crippen molar-refractivity contribution in [2.24, 2.45) is 0 Å². The molecule has 3 aromatic carbocycles. The molecule has 32 heavy (non-hydrogen) atoms. The topological polar surface area (TPSA) is 66.2 Å². The van der Waals surface area contributed by atoms with E-state index >= 15 is 0 Å². The highest BCUT2D eigenvalue weighted by molar-refractivity contribution is 7.14. The molecule has 0 aliphatic heterocycles. The molecule has 5 nitrogen and oxygen atoms in total. The lowest BCUT2D eigenvalue weighted by Gasteiger charge is -2.24. The van der Waals surface area contributed by atoms with Crippen LogP contribution in [0.15, 0.2) is 84.2 Å². The van der Waals surface area contributed by atoms with Crippen LogP contribution in [0.5, 0.6) is 5.75 Å². The first-order valence-corrected chi connectivity index (χ1v) is 10.7. The summed E-state index contributed by atoms with van der Waals surface area (Å²) in [5.74, 6) is -0.122. The van der Waals surface area contributed by atoms with E-state index in [0.29, 0.717) is 27.8 Å². The van der Waals surface area contributed by atoms with Gasteiger partial charge in [0.15, 0.2) is 11.2 Å². The minimum Gasteiger partial charge on any atom is -0.481 e. The van der Waals surface area contributed by atoms with Crippen molar-refractivity contribution in [3.05, 3.63) is 95.6 Å². The number of carbonyl (C=O) groups excluding carboxylic acids is 1. The van der Waals surface area contributed by atoms with Crippen LogP contribution in [-0.4, -0.2) is 17.0 Å². The van der Waals surface area contributed by atoms with Gasteiger partial charge in [0, 0.05) is 10.9 Å². The van der Waals surface area contributed by atoms with Crippen molar-refractivity contribution in [3.8, 4) is 23.1 Å². The molecule has 4 rings (SSSR count). The van der Waals surface area contributed by atoms with Crippen LogP contribution in [0.4, 0.5) is 15.2 Å². The Kier molecular flexibility index (Phi) is 6.24. The number of amides is 1. The van der Waals surface area contributed by atoms with Crippen LogP contribution in [0, 0.1) is 17.1 Å². The monoisotopic (exact) mass is 443 g/mol. The first-order chi connectivity index (χ1) is 15.5. The molecule has 0 spiro atoms. The van der Waals surface area contributed by atoms with Gasteiger partial charge in [-0.25, -0.2) is 9.37 Å². The van der Waals surface area contributed by atoms with Gasteiger partial charge in [-0.15, -0.1) is 11.3 Å². The minimum absolute atomic E-state index is 0.291. The summed E-state index contributed by atoms with van der Waals surface area (Å²) in [5, 5.41) is 11.3. The molecule has 0 N–H and O–H groups in total. The molecule has 0 saturated heterocycles. The summed E-state index contributed by atoms with van der Waals surface area (Å²) in [5.41, 5.74) is 2.58. The van der Waals surface area contributed by atoms with Gasteiger partial charge in [-0.1, -0.05) is 18.2 Å². The number of ether oxygens (including phenoxy) is 1. The smallest absolute Gasteiger partial charge is 0.274 e. The maximum absolute atomic E-state index is 13.4. The summed E-state index contributed by atoms with van der Waals surface area (Å²) >= 11 is 1.32. The van der Waals surface area contributed by atoms with Crippen LogP contribution in [0.3, 0.4) is 0 Å². The van der Waals surface area contributed by atoms with Gasteiger partial charge in [-0.05, 0) is 67.6 Å². The summed E-state index contributed by atoms with van der Waals surface area (Å²) in [6.45, 7) is 1.67. The lowest BCUT2D eigenvalue weighted by molar-refractivity contribution is -0.123. The molecule has 1 amide bonds. The molecule has 0 bridgehead atoms. The van der Waals surface area contributed by atoms with E-state index in [-0.39, 0.29) is 11.7 Å². The fourth-order valence-corrected chi connectivity index (χ4v) is 3.93. The Hall–Kier alpha value is -4.02. The Morgan fingerprint density at radius 3 is 2.41 bits per heavy atom. The highest BCUT2D eigenvalue weighted by atomic mass is 32.1. The third-order valence-electron chi connectivity index (χ3n) is 4.70. The zero-order chi connectivity index (χ0) is 22.5. The lowest BCUT2D eigenvalue weighted by Crippen LogP contribution is -2.37. The second kappa shape index (κ2) is 9.41. The van der Waals surface area contributed by atoms with Crippen LogP contribution in [-0.2, 0) is 4.79 Å². The SMILES string of the molecule is C[C@H](Oc1ccc(C#N)cc1)C(=O)N(c1ccccc1)c1nc(-c2ccc(F)cc2)cs1. The van der Waals surface area contributed by atoms with E-state index in [1.165, 1.54) is 28.4 Å². The lowest BCUT2D eigenvalue weighted by atomic mass is 10.2. The quantitative estimate of drug-likeness (QED) is 0.369. The number of para-hydroxylation sites is 1. The summed E-state index contributed by atoms with van der Waals surface area (Å²) in [6.07, 6.45) is -0.804. The van der Waals surface area contributed by atoms with E-state index in [4.69, 9.17) is 10.00 Å². The van der Waals surface area contributed by atoms with Gasteiger partial charge in [0.05, 0.1) is 23.0 Å². The van der Waals surface area contributed by atoms with Crippen LogP contribution in [0.2, 0.25) is 0 Å². The average molecular weight is 444 g/mol. The maximum atomic E-state index is 13.4. The van der Waals surface area contributed by atoms with Crippen LogP contribution >= 0.6 is 11.3 Å². The predicted octanol–water partition coefficient (Wildman–Crippen LogP) is 5.95. The molecule has 4 aromatic rings. The highest BCUT2D eigenvalue weighted by Crippen LogP contribution is 2.33. The van der Waals surface area contributed by atoms with E-state index < -0.39 is 6.10 Å².